The molecule has 15 heavy (non-hydrogen) atoms. The third-order valence-corrected chi connectivity index (χ3v) is 3.22. The van der Waals surface area contributed by atoms with E-state index < -0.39 is 0 Å². The van der Waals surface area contributed by atoms with Gasteiger partial charge >= 0.3 is 0 Å². The Morgan fingerprint density at radius 2 is 2.27 bits per heavy atom. The minimum Gasteiger partial charge on any atom is -0.336 e. The normalized spacial score (nSPS) is 10.7. The Bertz CT molecular complexity index is 338. The average molecular weight is 245 g/mol. The smallest absolute Gasteiger partial charge is 0.289 e. The van der Waals surface area contributed by atoms with E-state index in [1.807, 2.05) is 6.92 Å². The van der Waals surface area contributed by atoms with Gasteiger partial charge in [0, 0.05) is 25.4 Å². The van der Waals surface area contributed by atoms with Gasteiger partial charge in [-0.3, -0.25) is 4.79 Å². The van der Waals surface area contributed by atoms with E-state index >= 15 is 0 Å². The molecule has 0 radical (unpaired) electrons. The fourth-order valence-electron chi connectivity index (χ4n) is 1.10. The highest BCUT2D eigenvalue weighted by molar-refractivity contribution is 8.13. The molecule has 1 aromatic heterocycles. The van der Waals surface area contributed by atoms with Crippen LogP contribution in [0.2, 0.25) is 0 Å². The number of nitrogens with zero attached hydrogens (tertiary/aromatic N) is 3. The number of thioether (sulfide) groups is 1. The van der Waals surface area contributed by atoms with Crippen molar-refractivity contribution in [1.82, 2.24) is 14.3 Å². The van der Waals surface area contributed by atoms with Crippen LogP contribution >= 0.6 is 23.3 Å². The van der Waals surface area contributed by atoms with Gasteiger partial charge in [-0.25, -0.2) is 4.98 Å². The van der Waals surface area contributed by atoms with Gasteiger partial charge in [0.15, 0.2) is 0 Å². The molecule has 1 heterocycles. The van der Waals surface area contributed by atoms with Crippen molar-refractivity contribution in [3.05, 3.63) is 5.01 Å². The molecule has 0 atom stereocenters. The van der Waals surface area contributed by atoms with Crippen molar-refractivity contribution < 1.29 is 4.79 Å². The molecule has 1 aromatic rings. The van der Waals surface area contributed by atoms with Crippen LogP contribution in [-0.2, 0) is 0 Å². The molecule has 1 rings (SSSR count). The fourth-order valence-corrected chi connectivity index (χ4v) is 2.37. The van der Waals surface area contributed by atoms with Gasteiger partial charge in [-0.2, -0.15) is 4.37 Å². The number of carbonyl (C=O) groups excluding carboxylic acids is 1. The second kappa shape index (κ2) is 5.46. The van der Waals surface area contributed by atoms with Crippen molar-refractivity contribution in [2.24, 2.45) is 5.92 Å². The lowest BCUT2D eigenvalue weighted by Gasteiger charge is -2.17. The molecule has 0 unspecified atom stereocenters. The predicted molar refractivity (Wildman–Crippen MR) is 63.4 cm³/mol. The van der Waals surface area contributed by atoms with Gasteiger partial charge in [0.2, 0.25) is 5.16 Å². The molecule has 4 nitrogen and oxygen atoms in total. The SMILES string of the molecule is Cc1nc(SC(=O)N(C)CC(C)C)ns1. The van der Waals surface area contributed by atoms with Crippen molar-refractivity contribution >= 4 is 28.5 Å². The van der Waals surface area contributed by atoms with Crippen LogP contribution in [0.15, 0.2) is 5.16 Å². The van der Waals surface area contributed by atoms with Crippen LogP contribution in [0.5, 0.6) is 0 Å². The quantitative estimate of drug-likeness (QED) is 0.768. The molecule has 0 saturated heterocycles. The molecule has 84 valence electrons. The Labute approximate surface area is 98.3 Å². The fraction of sp³-hybridized carbons (Fsp3) is 0.667. The standard InChI is InChI=1S/C9H15N3OS2/c1-6(2)5-12(4)9(13)14-8-10-7(3)15-11-8/h6H,5H2,1-4H3. The Morgan fingerprint density at radius 1 is 1.60 bits per heavy atom. The highest BCUT2D eigenvalue weighted by atomic mass is 32.2. The first-order chi connectivity index (χ1) is 6.99. The molecule has 0 fully saturated rings. The average Bonchev–Trinajstić information content (AvgIpc) is 2.50. The number of aryl methyl sites for hydroxylation is 1. The summed E-state index contributed by atoms with van der Waals surface area (Å²) in [5.41, 5.74) is 0. The summed E-state index contributed by atoms with van der Waals surface area (Å²) in [7, 11) is 1.80. The van der Waals surface area contributed by atoms with Gasteiger partial charge < -0.3 is 4.90 Å². The maximum Gasteiger partial charge on any atom is 0.289 e. The molecule has 0 N–H and O–H groups in total. The van der Waals surface area contributed by atoms with E-state index in [-0.39, 0.29) is 5.24 Å². The first-order valence-electron chi connectivity index (χ1n) is 4.72. The van der Waals surface area contributed by atoms with Gasteiger partial charge in [0.1, 0.15) is 5.01 Å². The van der Waals surface area contributed by atoms with Crippen LogP contribution in [0.25, 0.3) is 0 Å². The molecular weight excluding hydrogens is 230 g/mol. The summed E-state index contributed by atoms with van der Waals surface area (Å²) < 4.78 is 4.06. The van der Waals surface area contributed by atoms with Crippen molar-refractivity contribution in [1.29, 1.82) is 0 Å². The molecule has 0 aliphatic carbocycles. The van der Waals surface area contributed by atoms with Crippen LogP contribution in [0, 0.1) is 12.8 Å². The van der Waals surface area contributed by atoms with Crippen LogP contribution in [0.3, 0.4) is 0 Å². The molecule has 1 amide bonds. The molecule has 0 aliphatic heterocycles. The minimum atomic E-state index is 0.00139. The summed E-state index contributed by atoms with van der Waals surface area (Å²) in [5, 5.41) is 1.44. The van der Waals surface area contributed by atoms with Gasteiger partial charge in [0.25, 0.3) is 5.24 Å². The van der Waals surface area contributed by atoms with Crippen LogP contribution in [0.1, 0.15) is 18.9 Å². The molecular formula is C9H15N3OS2. The van der Waals surface area contributed by atoms with E-state index in [1.54, 1.807) is 11.9 Å². The van der Waals surface area contributed by atoms with Crippen molar-refractivity contribution in [2.45, 2.75) is 25.9 Å². The molecule has 6 heteroatoms. The second-order valence-corrected chi connectivity index (χ2v) is 5.61. The summed E-state index contributed by atoms with van der Waals surface area (Å²) >= 11 is 2.41. The molecule has 0 aromatic carbocycles. The second-order valence-electron chi connectivity index (χ2n) is 3.74. The number of carbonyl (C=O) groups is 1. The molecule has 0 spiro atoms. The topological polar surface area (TPSA) is 46.1 Å². The maximum atomic E-state index is 11.7. The number of hydrogen-bond donors (Lipinski definition) is 0. The molecule has 0 saturated carbocycles. The molecule has 0 bridgehead atoms. The van der Waals surface area contributed by atoms with Crippen LogP contribution in [-0.4, -0.2) is 33.1 Å². The van der Waals surface area contributed by atoms with E-state index in [2.05, 4.69) is 23.2 Å². The number of aromatic nitrogens is 2. The van der Waals surface area contributed by atoms with E-state index in [0.717, 1.165) is 23.3 Å². The van der Waals surface area contributed by atoms with Gasteiger partial charge in [-0.05, 0) is 24.4 Å². The van der Waals surface area contributed by atoms with Gasteiger partial charge in [-0.1, -0.05) is 13.8 Å². The summed E-state index contributed by atoms with van der Waals surface area (Å²) in [6, 6.07) is 0. The Balaban J connectivity index is 2.48. The number of amides is 1. The van der Waals surface area contributed by atoms with Crippen LogP contribution in [0.4, 0.5) is 4.79 Å². The highest BCUT2D eigenvalue weighted by Crippen LogP contribution is 2.19. The highest BCUT2D eigenvalue weighted by Gasteiger charge is 2.14. The third kappa shape index (κ3) is 4.17. The first kappa shape index (κ1) is 12.4. The zero-order valence-electron chi connectivity index (χ0n) is 9.35. The summed E-state index contributed by atoms with van der Waals surface area (Å²) in [6.45, 7) is 6.80. The maximum absolute atomic E-state index is 11.7. The zero-order chi connectivity index (χ0) is 11.4. The van der Waals surface area contributed by atoms with Crippen molar-refractivity contribution in [3.63, 3.8) is 0 Å². The summed E-state index contributed by atoms with van der Waals surface area (Å²) in [5.74, 6) is 0.477. The number of rotatable bonds is 3. The zero-order valence-corrected chi connectivity index (χ0v) is 11.0. The van der Waals surface area contributed by atoms with E-state index in [9.17, 15) is 4.79 Å². The monoisotopic (exact) mass is 245 g/mol. The Kier molecular flexibility index (Phi) is 4.53. The number of hydrogen-bond acceptors (Lipinski definition) is 5. The van der Waals surface area contributed by atoms with E-state index in [0.29, 0.717) is 11.1 Å². The Hall–Kier alpha value is -0.620. The lowest BCUT2D eigenvalue weighted by atomic mass is 10.2. The van der Waals surface area contributed by atoms with Gasteiger partial charge in [0.05, 0.1) is 0 Å². The van der Waals surface area contributed by atoms with E-state index in [1.165, 1.54) is 11.5 Å². The van der Waals surface area contributed by atoms with E-state index in [4.69, 9.17) is 0 Å². The summed E-state index contributed by atoms with van der Waals surface area (Å²) in [4.78, 5) is 17.5. The third-order valence-electron chi connectivity index (χ3n) is 1.64. The minimum absolute atomic E-state index is 0.00139. The molecule has 0 aliphatic rings. The van der Waals surface area contributed by atoms with Gasteiger partial charge in [-0.15, -0.1) is 0 Å². The first-order valence-corrected chi connectivity index (χ1v) is 6.31. The predicted octanol–water partition coefficient (Wildman–Crippen LogP) is 2.65. The van der Waals surface area contributed by atoms with Crippen molar-refractivity contribution in [2.75, 3.05) is 13.6 Å². The van der Waals surface area contributed by atoms with Crippen molar-refractivity contribution in [3.8, 4) is 0 Å². The lowest BCUT2D eigenvalue weighted by molar-refractivity contribution is 0.228. The Morgan fingerprint density at radius 3 is 2.73 bits per heavy atom. The summed E-state index contributed by atoms with van der Waals surface area (Å²) in [6.07, 6.45) is 0. The largest absolute Gasteiger partial charge is 0.336 e. The van der Waals surface area contributed by atoms with Crippen LogP contribution < -0.4 is 0 Å². The lowest BCUT2D eigenvalue weighted by Crippen LogP contribution is -2.26.